The SMILES string of the molecule is Cc1cc(N)c(C)c(S(=O)(=O)N2CCS(=O)CC2)c1C. The number of anilines is 1. The van der Waals surface area contributed by atoms with Crippen LogP contribution in [0.3, 0.4) is 0 Å². The lowest BCUT2D eigenvalue weighted by Crippen LogP contribution is -2.42. The van der Waals surface area contributed by atoms with Crippen LogP contribution in [-0.2, 0) is 20.8 Å². The van der Waals surface area contributed by atoms with Crippen LogP contribution < -0.4 is 5.73 Å². The van der Waals surface area contributed by atoms with E-state index in [2.05, 4.69) is 0 Å². The summed E-state index contributed by atoms with van der Waals surface area (Å²) in [6.45, 7) is 6.01. The van der Waals surface area contributed by atoms with Crippen LogP contribution in [0.25, 0.3) is 0 Å². The molecule has 1 aromatic rings. The fraction of sp³-hybridized carbons (Fsp3) is 0.538. The van der Waals surface area contributed by atoms with Gasteiger partial charge in [0.05, 0.1) is 4.90 Å². The molecule has 0 spiro atoms. The van der Waals surface area contributed by atoms with Crippen molar-refractivity contribution in [3.8, 4) is 0 Å². The average Bonchev–Trinajstić information content (AvgIpc) is 2.37. The van der Waals surface area contributed by atoms with Crippen molar-refractivity contribution < 1.29 is 12.6 Å². The largest absolute Gasteiger partial charge is 0.398 e. The molecule has 7 heteroatoms. The van der Waals surface area contributed by atoms with Gasteiger partial charge in [-0.15, -0.1) is 0 Å². The Kier molecular flexibility index (Phi) is 4.22. The van der Waals surface area contributed by atoms with Gasteiger partial charge in [-0.3, -0.25) is 4.21 Å². The minimum Gasteiger partial charge on any atom is -0.398 e. The number of benzene rings is 1. The minimum absolute atomic E-state index is 0.307. The Bertz CT molecular complexity index is 632. The molecule has 1 heterocycles. The predicted octanol–water partition coefficient (Wildman–Crippen LogP) is 0.947. The molecule has 0 atom stereocenters. The molecule has 5 nitrogen and oxygen atoms in total. The first kappa shape index (κ1) is 15.5. The quantitative estimate of drug-likeness (QED) is 0.824. The van der Waals surface area contributed by atoms with Crippen molar-refractivity contribution in [3.05, 3.63) is 22.8 Å². The summed E-state index contributed by atoms with van der Waals surface area (Å²) in [6.07, 6.45) is 0. The first-order valence-corrected chi connectivity index (χ1v) is 9.39. The molecule has 2 rings (SSSR count). The molecule has 1 aliphatic rings. The van der Waals surface area contributed by atoms with Crippen molar-refractivity contribution in [2.75, 3.05) is 30.3 Å². The van der Waals surface area contributed by atoms with E-state index in [1.54, 1.807) is 19.9 Å². The predicted molar refractivity (Wildman–Crippen MR) is 81.7 cm³/mol. The Morgan fingerprint density at radius 2 is 1.70 bits per heavy atom. The number of nitrogen functional groups attached to an aromatic ring is 1. The van der Waals surface area contributed by atoms with Gasteiger partial charge in [0.1, 0.15) is 0 Å². The Morgan fingerprint density at radius 1 is 1.15 bits per heavy atom. The highest BCUT2D eigenvalue weighted by Crippen LogP contribution is 2.30. The number of sulfonamides is 1. The second-order valence-electron chi connectivity index (χ2n) is 5.11. The fourth-order valence-electron chi connectivity index (χ4n) is 2.42. The van der Waals surface area contributed by atoms with E-state index in [0.717, 1.165) is 11.1 Å². The third-order valence-electron chi connectivity index (χ3n) is 3.81. The molecule has 0 bridgehead atoms. The monoisotopic (exact) mass is 316 g/mol. The van der Waals surface area contributed by atoms with Crippen molar-refractivity contribution in [1.82, 2.24) is 4.31 Å². The van der Waals surface area contributed by atoms with Crippen molar-refractivity contribution >= 4 is 26.5 Å². The van der Waals surface area contributed by atoms with E-state index in [-0.39, 0.29) is 0 Å². The highest BCUT2D eigenvalue weighted by molar-refractivity contribution is 7.89. The van der Waals surface area contributed by atoms with E-state index in [0.29, 0.717) is 40.7 Å². The molecular weight excluding hydrogens is 296 g/mol. The Balaban J connectivity index is 2.52. The Morgan fingerprint density at radius 3 is 2.25 bits per heavy atom. The lowest BCUT2D eigenvalue weighted by Gasteiger charge is -2.27. The summed E-state index contributed by atoms with van der Waals surface area (Å²) in [5.74, 6) is 0.803. The number of hydrogen-bond acceptors (Lipinski definition) is 4. The summed E-state index contributed by atoms with van der Waals surface area (Å²) in [7, 11) is -4.48. The van der Waals surface area contributed by atoms with E-state index >= 15 is 0 Å². The molecule has 1 fully saturated rings. The Hall–Kier alpha value is -0.920. The van der Waals surface area contributed by atoms with Gasteiger partial charge in [0.15, 0.2) is 0 Å². The van der Waals surface area contributed by atoms with Crippen LogP contribution in [0.2, 0.25) is 0 Å². The number of hydrogen-bond donors (Lipinski definition) is 1. The summed E-state index contributed by atoms with van der Waals surface area (Å²) in [4.78, 5) is 0.308. The summed E-state index contributed by atoms with van der Waals surface area (Å²) >= 11 is 0. The fourth-order valence-corrected chi connectivity index (χ4v) is 5.68. The maximum atomic E-state index is 12.8. The molecule has 0 unspecified atom stereocenters. The van der Waals surface area contributed by atoms with Crippen molar-refractivity contribution in [2.45, 2.75) is 25.7 Å². The van der Waals surface area contributed by atoms with E-state index < -0.39 is 20.8 Å². The van der Waals surface area contributed by atoms with Gasteiger partial charge in [-0.2, -0.15) is 4.31 Å². The number of aryl methyl sites for hydroxylation is 1. The second kappa shape index (κ2) is 5.46. The van der Waals surface area contributed by atoms with Crippen LogP contribution in [0.5, 0.6) is 0 Å². The maximum Gasteiger partial charge on any atom is 0.243 e. The molecular formula is C13H20N2O3S2. The summed E-state index contributed by atoms with van der Waals surface area (Å²) < 4.78 is 38.4. The third-order valence-corrected chi connectivity index (χ3v) is 7.26. The van der Waals surface area contributed by atoms with Gasteiger partial charge < -0.3 is 5.73 Å². The first-order valence-electron chi connectivity index (χ1n) is 6.46. The van der Waals surface area contributed by atoms with Crippen molar-refractivity contribution in [3.63, 3.8) is 0 Å². The van der Waals surface area contributed by atoms with Crippen LogP contribution in [0.15, 0.2) is 11.0 Å². The summed E-state index contributed by atoms with van der Waals surface area (Å²) in [5.41, 5.74) is 8.60. The molecule has 0 amide bonds. The zero-order valence-corrected chi connectivity index (χ0v) is 13.6. The smallest absolute Gasteiger partial charge is 0.243 e. The maximum absolute atomic E-state index is 12.8. The van der Waals surface area contributed by atoms with Crippen LogP contribution in [0.1, 0.15) is 16.7 Å². The molecule has 1 aromatic carbocycles. The first-order chi connectivity index (χ1) is 9.25. The minimum atomic E-state index is -3.57. The Labute approximate surface area is 122 Å². The zero-order valence-electron chi connectivity index (χ0n) is 12.0. The standard InChI is InChI=1S/C13H20N2O3S2/c1-9-8-12(14)11(3)13(10(9)2)20(17,18)15-4-6-19(16)7-5-15/h8H,4-7,14H2,1-3H3. The van der Waals surface area contributed by atoms with E-state index in [4.69, 9.17) is 5.73 Å². The summed E-state index contributed by atoms with van der Waals surface area (Å²) in [5, 5.41) is 0. The molecule has 0 radical (unpaired) electrons. The lowest BCUT2D eigenvalue weighted by atomic mass is 10.1. The average molecular weight is 316 g/mol. The second-order valence-corrected chi connectivity index (χ2v) is 8.68. The van der Waals surface area contributed by atoms with Crippen molar-refractivity contribution in [2.24, 2.45) is 0 Å². The van der Waals surface area contributed by atoms with E-state index in [9.17, 15) is 12.6 Å². The lowest BCUT2D eigenvalue weighted by molar-refractivity contribution is 0.438. The number of nitrogens with zero attached hydrogens (tertiary/aromatic N) is 1. The van der Waals surface area contributed by atoms with E-state index in [1.807, 2.05) is 6.92 Å². The molecule has 1 saturated heterocycles. The van der Waals surface area contributed by atoms with Gasteiger partial charge in [-0.05, 0) is 43.5 Å². The molecule has 1 aliphatic heterocycles. The summed E-state index contributed by atoms with van der Waals surface area (Å²) in [6, 6.07) is 1.80. The highest BCUT2D eigenvalue weighted by Gasteiger charge is 2.31. The van der Waals surface area contributed by atoms with E-state index in [1.165, 1.54) is 4.31 Å². The van der Waals surface area contributed by atoms with Crippen molar-refractivity contribution in [1.29, 1.82) is 0 Å². The van der Waals surface area contributed by atoms with Crippen LogP contribution in [-0.4, -0.2) is 41.5 Å². The third kappa shape index (κ3) is 2.62. The molecule has 20 heavy (non-hydrogen) atoms. The van der Waals surface area contributed by atoms with Gasteiger partial charge in [0.25, 0.3) is 0 Å². The zero-order chi connectivity index (χ0) is 15.1. The normalized spacial score (nSPS) is 18.4. The molecule has 0 aliphatic carbocycles. The molecule has 2 N–H and O–H groups in total. The van der Waals surface area contributed by atoms with Gasteiger partial charge in [-0.1, -0.05) is 0 Å². The van der Waals surface area contributed by atoms with Crippen LogP contribution >= 0.6 is 0 Å². The molecule has 0 saturated carbocycles. The van der Waals surface area contributed by atoms with Crippen LogP contribution in [0, 0.1) is 20.8 Å². The molecule has 112 valence electrons. The topological polar surface area (TPSA) is 80.5 Å². The van der Waals surface area contributed by atoms with Crippen LogP contribution in [0.4, 0.5) is 5.69 Å². The van der Waals surface area contributed by atoms with Gasteiger partial charge in [0, 0.05) is 41.1 Å². The van der Waals surface area contributed by atoms with Gasteiger partial charge in [-0.25, -0.2) is 8.42 Å². The van der Waals surface area contributed by atoms with Gasteiger partial charge in [0.2, 0.25) is 10.0 Å². The highest BCUT2D eigenvalue weighted by atomic mass is 32.2. The number of nitrogens with two attached hydrogens (primary N) is 1. The number of rotatable bonds is 2. The molecule has 0 aromatic heterocycles. The van der Waals surface area contributed by atoms with Gasteiger partial charge >= 0.3 is 0 Å².